The first-order chi connectivity index (χ1) is 8.15. The number of ether oxygens (including phenoxy) is 2. The summed E-state index contributed by atoms with van der Waals surface area (Å²) in [5.74, 6) is 0.413. The van der Waals surface area contributed by atoms with Crippen molar-refractivity contribution in [3.8, 4) is 6.01 Å². The summed E-state index contributed by atoms with van der Waals surface area (Å²) in [6, 6.07) is 0.216. The second-order valence-electron chi connectivity index (χ2n) is 3.66. The minimum absolute atomic E-state index is 0.216. The summed E-state index contributed by atoms with van der Waals surface area (Å²) in [6.45, 7) is 0.921. The maximum Gasteiger partial charge on any atom is 0.409 e. The first-order valence-electron chi connectivity index (χ1n) is 5.18. The average Bonchev–Trinajstić information content (AvgIpc) is 2.36. The second-order valence-corrected chi connectivity index (χ2v) is 3.66. The zero-order valence-corrected chi connectivity index (χ0v) is 9.77. The number of fused-ring (bicyclic) bond motifs is 1. The van der Waals surface area contributed by atoms with Crippen LogP contribution in [-0.4, -0.2) is 41.7 Å². The molecule has 0 atom stereocenters. The van der Waals surface area contributed by atoms with Crippen molar-refractivity contribution < 1.29 is 14.3 Å². The SMILES string of the molecule is COC(=O)N1CCc2c(N)nc(OC)nc2C1. The Hall–Kier alpha value is -2.05. The Kier molecular flexibility index (Phi) is 2.99. The predicted molar refractivity (Wildman–Crippen MR) is 59.5 cm³/mol. The number of methoxy groups -OCH3 is 2. The maximum atomic E-state index is 11.4. The minimum atomic E-state index is -0.369. The highest BCUT2D eigenvalue weighted by atomic mass is 16.5. The Morgan fingerprint density at radius 3 is 2.82 bits per heavy atom. The van der Waals surface area contributed by atoms with E-state index in [1.165, 1.54) is 14.2 Å². The molecule has 0 spiro atoms. The van der Waals surface area contributed by atoms with Gasteiger partial charge in [0.1, 0.15) is 5.82 Å². The molecule has 0 saturated heterocycles. The summed E-state index contributed by atoms with van der Waals surface area (Å²) in [7, 11) is 2.83. The van der Waals surface area contributed by atoms with Crippen molar-refractivity contribution in [2.45, 2.75) is 13.0 Å². The maximum absolute atomic E-state index is 11.4. The van der Waals surface area contributed by atoms with Gasteiger partial charge in [-0.1, -0.05) is 0 Å². The molecule has 17 heavy (non-hydrogen) atoms. The largest absolute Gasteiger partial charge is 0.467 e. The highest BCUT2D eigenvalue weighted by Gasteiger charge is 2.25. The summed E-state index contributed by atoms with van der Waals surface area (Å²) in [5.41, 5.74) is 7.40. The molecule has 0 fully saturated rings. The molecule has 1 aliphatic heterocycles. The van der Waals surface area contributed by atoms with Gasteiger partial charge >= 0.3 is 12.1 Å². The van der Waals surface area contributed by atoms with Gasteiger partial charge in [0.15, 0.2) is 0 Å². The zero-order chi connectivity index (χ0) is 12.4. The van der Waals surface area contributed by atoms with Crippen molar-refractivity contribution in [1.29, 1.82) is 0 Å². The van der Waals surface area contributed by atoms with E-state index in [1.807, 2.05) is 0 Å². The number of aromatic nitrogens is 2. The molecule has 0 saturated carbocycles. The molecule has 1 aromatic rings. The van der Waals surface area contributed by atoms with E-state index < -0.39 is 0 Å². The molecule has 0 aliphatic carbocycles. The molecule has 0 radical (unpaired) electrons. The number of carbonyl (C=O) groups is 1. The first kappa shape index (κ1) is 11.4. The monoisotopic (exact) mass is 238 g/mol. The summed E-state index contributed by atoms with van der Waals surface area (Å²) < 4.78 is 9.62. The number of hydrogen-bond acceptors (Lipinski definition) is 6. The Balaban J connectivity index is 2.30. The van der Waals surface area contributed by atoms with E-state index in [1.54, 1.807) is 4.90 Å². The van der Waals surface area contributed by atoms with Gasteiger partial charge in [0.05, 0.1) is 26.5 Å². The molecule has 2 rings (SSSR count). The third-order valence-electron chi connectivity index (χ3n) is 2.69. The fourth-order valence-corrected chi connectivity index (χ4v) is 1.81. The predicted octanol–water partition coefficient (Wildman–Crippen LogP) is 0.192. The van der Waals surface area contributed by atoms with E-state index in [9.17, 15) is 4.79 Å². The fraction of sp³-hybridized carbons (Fsp3) is 0.500. The van der Waals surface area contributed by atoms with Gasteiger partial charge in [-0.3, -0.25) is 0 Å². The van der Waals surface area contributed by atoms with Gasteiger partial charge in [-0.25, -0.2) is 4.79 Å². The number of carbonyl (C=O) groups excluding carboxylic acids is 1. The molecule has 7 heteroatoms. The molecule has 0 bridgehead atoms. The third kappa shape index (κ3) is 2.08. The summed E-state index contributed by atoms with van der Waals surface area (Å²) in [6.07, 6.45) is 0.257. The molecular formula is C10H14N4O3. The topological polar surface area (TPSA) is 90.6 Å². The molecule has 7 nitrogen and oxygen atoms in total. The van der Waals surface area contributed by atoms with Gasteiger partial charge in [-0.15, -0.1) is 0 Å². The number of nitrogens with zero attached hydrogens (tertiary/aromatic N) is 3. The Morgan fingerprint density at radius 2 is 2.18 bits per heavy atom. The standard InChI is InChI=1S/C10H14N4O3/c1-16-9-12-7-5-14(10(15)17-2)4-3-6(7)8(11)13-9/h3-5H2,1-2H3,(H2,11,12,13). The molecule has 1 amide bonds. The van der Waals surface area contributed by atoms with Gasteiger partial charge in [0, 0.05) is 12.1 Å². The molecule has 0 aromatic carbocycles. The molecule has 92 valence electrons. The number of nitrogens with two attached hydrogens (primary N) is 1. The Bertz CT molecular complexity index is 449. The molecule has 1 aromatic heterocycles. The van der Waals surface area contributed by atoms with Crippen LogP contribution < -0.4 is 10.5 Å². The van der Waals surface area contributed by atoms with E-state index in [-0.39, 0.29) is 12.1 Å². The molecule has 0 unspecified atom stereocenters. The van der Waals surface area contributed by atoms with Crippen LogP contribution in [0, 0.1) is 0 Å². The average molecular weight is 238 g/mol. The van der Waals surface area contributed by atoms with Gasteiger partial charge in [0.25, 0.3) is 0 Å². The van der Waals surface area contributed by atoms with Crippen molar-refractivity contribution >= 4 is 11.9 Å². The highest BCUT2D eigenvalue weighted by molar-refractivity contribution is 5.68. The zero-order valence-electron chi connectivity index (χ0n) is 9.77. The van der Waals surface area contributed by atoms with E-state index in [2.05, 4.69) is 14.7 Å². The van der Waals surface area contributed by atoms with Crippen LogP contribution in [0.25, 0.3) is 0 Å². The van der Waals surface area contributed by atoms with Crippen molar-refractivity contribution in [2.24, 2.45) is 0 Å². The van der Waals surface area contributed by atoms with Crippen LogP contribution in [0.1, 0.15) is 11.3 Å². The molecular weight excluding hydrogens is 224 g/mol. The Labute approximate surface area is 98.5 Å². The van der Waals surface area contributed by atoms with Crippen LogP contribution in [0.5, 0.6) is 6.01 Å². The van der Waals surface area contributed by atoms with Gasteiger partial charge in [-0.05, 0) is 6.42 Å². The first-order valence-corrected chi connectivity index (χ1v) is 5.18. The lowest BCUT2D eigenvalue weighted by Gasteiger charge is -2.27. The van der Waals surface area contributed by atoms with E-state index >= 15 is 0 Å². The van der Waals surface area contributed by atoms with Gasteiger partial charge in [-0.2, -0.15) is 9.97 Å². The molecule has 2 N–H and O–H groups in total. The lowest BCUT2D eigenvalue weighted by atomic mass is 10.1. The van der Waals surface area contributed by atoms with Crippen molar-refractivity contribution in [3.05, 3.63) is 11.3 Å². The highest BCUT2D eigenvalue weighted by Crippen LogP contribution is 2.23. The lowest BCUT2D eigenvalue weighted by molar-refractivity contribution is 0.117. The summed E-state index contributed by atoms with van der Waals surface area (Å²) in [5, 5.41) is 0. The molecule has 2 heterocycles. The van der Waals surface area contributed by atoms with E-state index in [0.717, 1.165) is 5.56 Å². The number of rotatable bonds is 1. The van der Waals surface area contributed by atoms with Crippen LogP contribution in [0.3, 0.4) is 0 Å². The van der Waals surface area contributed by atoms with Crippen LogP contribution in [-0.2, 0) is 17.7 Å². The van der Waals surface area contributed by atoms with Crippen LogP contribution in [0.15, 0.2) is 0 Å². The van der Waals surface area contributed by atoms with Gasteiger partial charge in [0.2, 0.25) is 0 Å². The van der Waals surface area contributed by atoms with E-state index in [0.29, 0.717) is 31.0 Å². The van der Waals surface area contributed by atoms with Crippen LogP contribution >= 0.6 is 0 Å². The van der Waals surface area contributed by atoms with Gasteiger partial charge < -0.3 is 20.1 Å². The van der Waals surface area contributed by atoms with Crippen molar-refractivity contribution in [1.82, 2.24) is 14.9 Å². The van der Waals surface area contributed by atoms with E-state index in [4.69, 9.17) is 10.5 Å². The summed E-state index contributed by atoms with van der Waals surface area (Å²) >= 11 is 0. The smallest absolute Gasteiger partial charge is 0.409 e. The van der Waals surface area contributed by atoms with Crippen LogP contribution in [0.4, 0.5) is 10.6 Å². The quantitative estimate of drug-likeness (QED) is 0.751. The minimum Gasteiger partial charge on any atom is -0.467 e. The number of anilines is 1. The lowest BCUT2D eigenvalue weighted by Crippen LogP contribution is -2.36. The number of hydrogen-bond donors (Lipinski definition) is 1. The second kappa shape index (κ2) is 4.44. The number of nitrogen functional groups attached to an aromatic ring is 1. The van der Waals surface area contributed by atoms with Crippen molar-refractivity contribution in [2.75, 3.05) is 26.5 Å². The van der Waals surface area contributed by atoms with Crippen LogP contribution in [0.2, 0.25) is 0 Å². The number of amides is 1. The third-order valence-corrected chi connectivity index (χ3v) is 2.69. The molecule has 1 aliphatic rings. The fourth-order valence-electron chi connectivity index (χ4n) is 1.81. The summed E-state index contributed by atoms with van der Waals surface area (Å²) in [4.78, 5) is 21.2. The van der Waals surface area contributed by atoms with Crippen molar-refractivity contribution in [3.63, 3.8) is 0 Å². The Morgan fingerprint density at radius 1 is 1.41 bits per heavy atom. The normalized spacial score (nSPS) is 14.1.